The van der Waals surface area contributed by atoms with Gasteiger partial charge in [0.15, 0.2) is 0 Å². The molecular formula is C12H11FN2OS. The Hall–Kier alpha value is -1.75. The molecule has 0 spiro atoms. The molecule has 0 radical (unpaired) electrons. The second-order valence-corrected chi connectivity index (χ2v) is 4.85. The van der Waals surface area contributed by atoms with Crippen molar-refractivity contribution in [1.29, 1.82) is 0 Å². The number of hydrogen-bond acceptors (Lipinski definition) is 3. The highest BCUT2D eigenvalue weighted by molar-refractivity contribution is 7.11. The summed E-state index contributed by atoms with van der Waals surface area (Å²) in [5.41, 5.74) is 0.452. The minimum absolute atomic E-state index is 0.212. The largest absolute Gasteiger partial charge is 0.347 e. The van der Waals surface area contributed by atoms with Gasteiger partial charge >= 0.3 is 0 Å². The number of rotatable bonds is 3. The zero-order valence-electron chi connectivity index (χ0n) is 9.24. The molecule has 1 heterocycles. The van der Waals surface area contributed by atoms with E-state index < -0.39 is 0 Å². The smallest absolute Gasteiger partial charge is 0.251 e. The highest BCUT2D eigenvalue weighted by Crippen LogP contribution is 2.11. The van der Waals surface area contributed by atoms with Crippen LogP contribution >= 0.6 is 11.3 Å². The van der Waals surface area contributed by atoms with Gasteiger partial charge in [0.1, 0.15) is 5.82 Å². The second kappa shape index (κ2) is 5.05. The van der Waals surface area contributed by atoms with E-state index >= 15 is 0 Å². The number of thiazole rings is 1. The van der Waals surface area contributed by atoms with Crippen LogP contribution in [0.3, 0.4) is 0 Å². The molecular weight excluding hydrogens is 239 g/mol. The lowest BCUT2D eigenvalue weighted by molar-refractivity contribution is 0.0951. The first-order chi connectivity index (χ1) is 8.15. The Kier molecular flexibility index (Phi) is 3.49. The standard InChI is InChI=1S/C12H11FN2OS/c1-8-14-6-11(17-8)7-15-12(16)9-2-4-10(13)5-3-9/h2-6H,7H2,1H3,(H,15,16). The molecule has 0 aliphatic rings. The van der Waals surface area contributed by atoms with E-state index in [1.54, 1.807) is 17.5 Å². The zero-order chi connectivity index (χ0) is 12.3. The van der Waals surface area contributed by atoms with E-state index in [1.807, 2.05) is 6.92 Å². The number of halogens is 1. The molecule has 0 bridgehead atoms. The molecule has 0 fully saturated rings. The van der Waals surface area contributed by atoms with Crippen LogP contribution in [0.5, 0.6) is 0 Å². The lowest BCUT2D eigenvalue weighted by Gasteiger charge is -2.02. The first-order valence-corrected chi connectivity index (χ1v) is 5.92. The Morgan fingerprint density at radius 2 is 2.12 bits per heavy atom. The maximum Gasteiger partial charge on any atom is 0.251 e. The van der Waals surface area contributed by atoms with Crippen molar-refractivity contribution in [1.82, 2.24) is 10.3 Å². The predicted octanol–water partition coefficient (Wildman–Crippen LogP) is 2.52. The van der Waals surface area contributed by atoms with E-state index in [0.29, 0.717) is 12.1 Å². The van der Waals surface area contributed by atoms with E-state index in [0.717, 1.165) is 9.88 Å². The van der Waals surface area contributed by atoms with Crippen LogP contribution in [0.15, 0.2) is 30.5 Å². The van der Waals surface area contributed by atoms with Gasteiger partial charge in [-0.05, 0) is 31.2 Å². The average molecular weight is 250 g/mol. The molecule has 5 heteroatoms. The van der Waals surface area contributed by atoms with Crippen LogP contribution in [-0.2, 0) is 6.54 Å². The van der Waals surface area contributed by atoms with E-state index in [2.05, 4.69) is 10.3 Å². The fourth-order valence-electron chi connectivity index (χ4n) is 1.36. The van der Waals surface area contributed by atoms with Crippen molar-refractivity contribution in [2.45, 2.75) is 13.5 Å². The third kappa shape index (κ3) is 3.10. The van der Waals surface area contributed by atoms with Crippen molar-refractivity contribution in [3.8, 4) is 0 Å². The number of carbonyl (C=O) groups is 1. The molecule has 1 aromatic carbocycles. The van der Waals surface area contributed by atoms with Gasteiger partial charge in [0.05, 0.1) is 11.6 Å². The molecule has 0 atom stereocenters. The SMILES string of the molecule is Cc1ncc(CNC(=O)c2ccc(F)cc2)s1. The van der Waals surface area contributed by atoms with Gasteiger partial charge in [-0.25, -0.2) is 9.37 Å². The Balaban J connectivity index is 1.95. The molecule has 1 amide bonds. The molecule has 0 aliphatic carbocycles. The van der Waals surface area contributed by atoms with E-state index in [9.17, 15) is 9.18 Å². The summed E-state index contributed by atoms with van der Waals surface area (Å²) in [4.78, 5) is 16.8. The molecule has 1 N–H and O–H groups in total. The van der Waals surface area contributed by atoms with Gasteiger partial charge < -0.3 is 5.32 Å². The summed E-state index contributed by atoms with van der Waals surface area (Å²) >= 11 is 1.54. The van der Waals surface area contributed by atoms with Gasteiger partial charge in [-0.2, -0.15) is 0 Å². The van der Waals surface area contributed by atoms with Crippen molar-refractivity contribution >= 4 is 17.2 Å². The minimum Gasteiger partial charge on any atom is -0.347 e. The van der Waals surface area contributed by atoms with Crippen LogP contribution in [0.2, 0.25) is 0 Å². The van der Waals surface area contributed by atoms with Crippen molar-refractivity contribution in [3.63, 3.8) is 0 Å². The number of nitrogens with zero attached hydrogens (tertiary/aromatic N) is 1. The summed E-state index contributed by atoms with van der Waals surface area (Å²) in [5, 5.41) is 3.73. The van der Waals surface area contributed by atoms with Gasteiger partial charge in [-0.1, -0.05) is 0 Å². The van der Waals surface area contributed by atoms with Crippen LogP contribution < -0.4 is 5.32 Å². The molecule has 88 valence electrons. The van der Waals surface area contributed by atoms with Crippen LogP contribution in [0.25, 0.3) is 0 Å². The number of hydrogen-bond donors (Lipinski definition) is 1. The van der Waals surface area contributed by atoms with Gasteiger partial charge in [-0.15, -0.1) is 11.3 Å². The van der Waals surface area contributed by atoms with Crippen LogP contribution in [0.4, 0.5) is 4.39 Å². The fraction of sp³-hybridized carbons (Fsp3) is 0.167. The van der Waals surface area contributed by atoms with Gasteiger partial charge in [-0.3, -0.25) is 4.79 Å². The Morgan fingerprint density at radius 1 is 1.41 bits per heavy atom. The number of benzene rings is 1. The zero-order valence-corrected chi connectivity index (χ0v) is 10.1. The molecule has 0 aliphatic heterocycles. The number of aryl methyl sites for hydroxylation is 1. The predicted molar refractivity (Wildman–Crippen MR) is 64.4 cm³/mol. The quantitative estimate of drug-likeness (QED) is 0.909. The normalized spacial score (nSPS) is 10.2. The Morgan fingerprint density at radius 3 is 2.71 bits per heavy atom. The summed E-state index contributed by atoms with van der Waals surface area (Å²) < 4.78 is 12.7. The molecule has 0 saturated heterocycles. The molecule has 1 aromatic heterocycles. The summed E-state index contributed by atoms with van der Waals surface area (Å²) in [6.07, 6.45) is 1.74. The van der Waals surface area contributed by atoms with Crippen molar-refractivity contribution in [2.75, 3.05) is 0 Å². The number of amides is 1. The maximum atomic E-state index is 12.7. The lowest BCUT2D eigenvalue weighted by atomic mass is 10.2. The first kappa shape index (κ1) is 11.7. The van der Waals surface area contributed by atoms with Gasteiger partial charge in [0.2, 0.25) is 0 Å². The molecule has 0 saturated carbocycles. The number of aromatic nitrogens is 1. The average Bonchev–Trinajstić information content (AvgIpc) is 2.73. The highest BCUT2D eigenvalue weighted by Gasteiger charge is 2.06. The molecule has 2 aromatic rings. The van der Waals surface area contributed by atoms with Crippen molar-refractivity contribution in [3.05, 3.63) is 51.7 Å². The Labute approximate surface area is 102 Å². The topological polar surface area (TPSA) is 42.0 Å². The molecule has 3 nitrogen and oxygen atoms in total. The van der Waals surface area contributed by atoms with Gasteiger partial charge in [0.25, 0.3) is 5.91 Å². The molecule has 17 heavy (non-hydrogen) atoms. The summed E-state index contributed by atoms with van der Waals surface area (Å²) in [5.74, 6) is -0.560. The third-order valence-corrected chi connectivity index (χ3v) is 3.11. The van der Waals surface area contributed by atoms with E-state index in [4.69, 9.17) is 0 Å². The van der Waals surface area contributed by atoms with Crippen LogP contribution in [0, 0.1) is 12.7 Å². The lowest BCUT2D eigenvalue weighted by Crippen LogP contribution is -2.22. The van der Waals surface area contributed by atoms with E-state index in [1.165, 1.54) is 24.3 Å². The van der Waals surface area contributed by atoms with Crippen LogP contribution in [-0.4, -0.2) is 10.9 Å². The van der Waals surface area contributed by atoms with Gasteiger partial charge in [0, 0.05) is 16.6 Å². The maximum absolute atomic E-state index is 12.7. The number of carbonyl (C=O) groups excluding carboxylic acids is 1. The summed E-state index contributed by atoms with van der Waals surface area (Å²) in [6.45, 7) is 2.36. The molecule has 0 unspecified atom stereocenters. The fourth-order valence-corrected chi connectivity index (χ4v) is 2.09. The first-order valence-electron chi connectivity index (χ1n) is 5.10. The minimum atomic E-state index is -0.348. The monoisotopic (exact) mass is 250 g/mol. The highest BCUT2D eigenvalue weighted by atomic mass is 32.1. The second-order valence-electron chi connectivity index (χ2n) is 3.54. The number of nitrogens with one attached hydrogen (secondary N) is 1. The van der Waals surface area contributed by atoms with Crippen molar-refractivity contribution in [2.24, 2.45) is 0 Å². The Bertz CT molecular complexity index is 522. The van der Waals surface area contributed by atoms with Crippen LogP contribution in [0.1, 0.15) is 20.2 Å². The third-order valence-electron chi connectivity index (χ3n) is 2.20. The van der Waals surface area contributed by atoms with Crippen molar-refractivity contribution < 1.29 is 9.18 Å². The summed E-state index contributed by atoms with van der Waals surface area (Å²) in [6, 6.07) is 5.46. The van der Waals surface area contributed by atoms with E-state index in [-0.39, 0.29) is 11.7 Å². The molecule has 2 rings (SSSR count). The summed E-state index contributed by atoms with van der Waals surface area (Å²) in [7, 11) is 0.